The van der Waals surface area contributed by atoms with E-state index in [1.54, 1.807) is 0 Å². The molecule has 0 amide bonds. The van der Waals surface area contributed by atoms with Crippen molar-refractivity contribution in [3.05, 3.63) is 0 Å². The normalized spacial score (nSPS) is 0. The van der Waals surface area contributed by atoms with E-state index in [9.17, 15) is 0 Å². The third kappa shape index (κ3) is 93.1. The molecular formula is H6CrCuO4. The van der Waals surface area contributed by atoms with Gasteiger partial charge in [-0.1, -0.05) is 0 Å². The second-order valence-electron chi connectivity index (χ2n) is 0. The van der Waals surface area contributed by atoms with E-state index in [2.05, 4.69) is 0 Å². The summed E-state index contributed by atoms with van der Waals surface area (Å²) < 4.78 is 0. The van der Waals surface area contributed by atoms with Crippen molar-refractivity contribution >= 4 is 0 Å². The van der Waals surface area contributed by atoms with E-state index in [-0.39, 0.29) is 56.3 Å². The maximum atomic E-state index is 0. The molecule has 0 aromatic rings. The third-order valence-electron chi connectivity index (χ3n) is 0. The van der Waals surface area contributed by atoms with Crippen molar-refractivity contribution in [2.75, 3.05) is 0 Å². The molecule has 1 radical (unpaired) electrons. The van der Waals surface area contributed by atoms with Crippen molar-refractivity contribution in [1.29, 1.82) is 0 Å². The molecule has 0 aliphatic heterocycles. The summed E-state index contributed by atoms with van der Waals surface area (Å²) >= 11 is 0. The Bertz CT molecular complexity index is 7.51. The van der Waals surface area contributed by atoms with Crippen LogP contribution in [0.4, 0.5) is 0 Å². The van der Waals surface area contributed by atoms with Crippen LogP contribution in [0.1, 0.15) is 0 Å². The van der Waals surface area contributed by atoms with Gasteiger partial charge in [-0.3, -0.25) is 0 Å². The molecule has 47 valence electrons. The average Bonchev–Trinajstić information content (AvgIpc) is 0. The fourth-order valence-electron chi connectivity index (χ4n) is 0. The van der Waals surface area contributed by atoms with Crippen LogP contribution in [0.5, 0.6) is 0 Å². The summed E-state index contributed by atoms with van der Waals surface area (Å²) in [5.41, 5.74) is 0. The Kier molecular flexibility index (Phi) is 8880. The molecule has 0 saturated carbocycles. The van der Waals surface area contributed by atoms with Gasteiger partial charge in [0.2, 0.25) is 0 Å². The second-order valence-corrected chi connectivity index (χ2v) is 0. The topological polar surface area (TPSA) is 123 Å². The molecule has 0 saturated heterocycles. The zero-order chi connectivity index (χ0) is 0. The average molecular weight is 186 g/mol. The predicted octanol–water partition coefficient (Wildman–Crippen LogP) is -2.01. The van der Waals surface area contributed by atoms with Gasteiger partial charge < -0.3 is 21.9 Å². The van der Waals surface area contributed by atoms with Crippen molar-refractivity contribution in [3.8, 4) is 0 Å². The summed E-state index contributed by atoms with van der Waals surface area (Å²) in [5, 5.41) is 0. The number of rotatable bonds is 0. The number of hydrogen-bond donors (Lipinski definition) is 0. The molecule has 0 bridgehead atoms. The van der Waals surface area contributed by atoms with Crippen LogP contribution in [-0.2, 0) is 34.4 Å². The van der Waals surface area contributed by atoms with Gasteiger partial charge >= 0.3 is 17.1 Å². The summed E-state index contributed by atoms with van der Waals surface area (Å²) in [4.78, 5) is 0. The fourth-order valence-corrected chi connectivity index (χ4v) is 0. The van der Waals surface area contributed by atoms with Crippen LogP contribution >= 0.6 is 0 Å². The van der Waals surface area contributed by atoms with Gasteiger partial charge in [-0.05, 0) is 0 Å². The van der Waals surface area contributed by atoms with Crippen molar-refractivity contribution < 1.29 is 56.3 Å². The molecule has 0 aliphatic rings. The first-order chi connectivity index (χ1) is 0. The predicted molar refractivity (Wildman–Crippen MR) is 11.1 cm³/mol. The second kappa shape index (κ2) is 177. The van der Waals surface area contributed by atoms with Crippen LogP contribution in [0.25, 0.3) is 0 Å². The molecule has 0 fully saturated rings. The van der Waals surface area contributed by atoms with Gasteiger partial charge in [0.1, 0.15) is 0 Å². The molecule has 6 heavy (non-hydrogen) atoms. The van der Waals surface area contributed by atoms with Gasteiger partial charge in [0.05, 0.1) is 0 Å². The van der Waals surface area contributed by atoms with Crippen molar-refractivity contribution in [2.24, 2.45) is 0 Å². The van der Waals surface area contributed by atoms with Gasteiger partial charge in [0.25, 0.3) is 0 Å². The molecule has 0 atom stereocenters. The molecule has 0 aromatic carbocycles. The summed E-state index contributed by atoms with van der Waals surface area (Å²) in [7, 11) is 0. The summed E-state index contributed by atoms with van der Waals surface area (Å²) in [6.45, 7) is 0. The molecule has 0 rings (SSSR count). The van der Waals surface area contributed by atoms with Gasteiger partial charge in [-0.15, -0.1) is 0 Å². The first-order valence-corrected chi connectivity index (χ1v) is 0. The summed E-state index contributed by atoms with van der Waals surface area (Å²) in [5.74, 6) is 0. The van der Waals surface area contributed by atoms with Crippen molar-refractivity contribution in [1.82, 2.24) is 0 Å². The molecule has 0 heterocycles. The van der Waals surface area contributed by atoms with E-state index < -0.39 is 0 Å². The Labute approximate surface area is 56.8 Å². The van der Waals surface area contributed by atoms with Crippen LogP contribution in [0.2, 0.25) is 0 Å². The van der Waals surface area contributed by atoms with E-state index in [0.29, 0.717) is 0 Å². The van der Waals surface area contributed by atoms with Crippen LogP contribution in [0.3, 0.4) is 0 Å². The van der Waals surface area contributed by atoms with E-state index in [1.165, 1.54) is 0 Å². The molecule has 0 unspecified atom stereocenters. The first kappa shape index (κ1) is 301. The minimum atomic E-state index is 0. The van der Waals surface area contributed by atoms with Crippen LogP contribution in [0, 0.1) is 0 Å². The Morgan fingerprint density at radius 3 is 0.667 bits per heavy atom. The van der Waals surface area contributed by atoms with Crippen LogP contribution in [-0.4, -0.2) is 21.9 Å². The molecule has 0 aromatic heterocycles. The van der Waals surface area contributed by atoms with Gasteiger partial charge in [-0.2, -0.15) is 0 Å². The Hall–Kier alpha value is 0.892. The minimum absolute atomic E-state index is 0. The molecular weight excluding hydrogens is 180 g/mol. The van der Waals surface area contributed by atoms with Crippen molar-refractivity contribution in [2.45, 2.75) is 0 Å². The Morgan fingerprint density at radius 2 is 0.667 bits per heavy atom. The quantitative estimate of drug-likeness (QED) is 0.405. The van der Waals surface area contributed by atoms with E-state index in [4.69, 9.17) is 0 Å². The third-order valence-corrected chi connectivity index (χ3v) is 0. The van der Waals surface area contributed by atoms with E-state index >= 15 is 0 Å². The Morgan fingerprint density at radius 1 is 0.667 bits per heavy atom. The van der Waals surface area contributed by atoms with Gasteiger partial charge in [0, 0.05) is 17.4 Å². The molecule has 4 nitrogen and oxygen atoms in total. The van der Waals surface area contributed by atoms with Gasteiger partial charge in [-0.25, -0.2) is 0 Å². The maximum Gasteiger partial charge on any atom is 2.00 e. The molecule has 0 aliphatic carbocycles. The smallest absolute Gasteiger partial charge is 0.870 e. The first-order valence-electron chi connectivity index (χ1n) is 0. The van der Waals surface area contributed by atoms with E-state index in [1.807, 2.05) is 0 Å². The van der Waals surface area contributed by atoms with Crippen LogP contribution < -0.4 is 0 Å². The van der Waals surface area contributed by atoms with Gasteiger partial charge in [0.15, 0.2) is 0 Å². The monoisotopic (exact) mass is 185 g/mol. The SMILES string of the molecule is O.O.[Cr].[Cu+2].[OH-].[OH-]. The van der Waals surface area contributed by atoms with Crippen LogP contribution in [0.15, 0.2) is 0 Å². The Balaban J connectivity index is 0. The standard InChI is InChI=1S/Cr.Cu.4H2O/h;;4*1H2/q;+2;;;;/p-2. The summed E-state index contributed by atoms with van der Waals surface area (Å²) in [6, 6.07) is 0. The summed E-state index contributed by atoms with van der Waals surface area (Å²) in [6.07, 6.45) is 0. The minimum Gasteiger partial charge on any atom is -0.870 e. The number of hydrogen-bond acceptors (Lipinski definition) is 2. The maximum absolute atomic E-state index is 0. The molecule has 6 heteroatoms. The zero-order valence-corrected chi connectivity index (χ0v) is 4.82. The largest absolute Gasteiger partial charge is 2.00 e. The fraction of sp³-hybridized carbons (Fsp3) is 0. The zero-order valence-electron chi connectivity index (χ0n) is 2.60. The molecule has 0 spiro atoms. The molecule has 6 N–H and O–H groups in total. The van der Waals surface area contributed by atoms with E-state index in [0.717, 1.165) is 0 Å². The van der Waals surface area contributed by atoms with Crippen molar-refractivity contribution in [3.63, 3.8) is 0 Å².